The summed E-state index contributed by atoms with van der Waals surface area (Å²) in [5, 5.41) is 9.09. The first-order valence-electron chi connectivity index (χ1n) is 5.57. The van der Waals surface area contributed by atoms with Gasteiger partial charge in [0.1, 0.15) is 24.7 Å². The van der Waals surface area contributed by atoms with Crippen molar-refractivity contribution in [2.24, 2.45) is 0 Å². The van der Waals surface area contributed by atoms with E-state index in [2.05, 4.69) is 30.7 Å². The molecule has 2 aromatic rings. The maximum Gasteiger partial charge on any atom is 0.214 e. The second kappa shape index (κ2) is 4.33. The van der Waals surface area contributed by atoms with Crippen molar-refractivity contribution < 1.29 is 9.52 Å². The van der Waals surface area contributed by atoms with Crippen molar-refractivity contribution in [1.29, 1.82) is 0 Å². The van der Waals surface area contributed by atoms with Gasteiger partial charge in [-0.15, -0.1) is 0 Å². The fraction of sp³-hybridized carbons (Fsp3) is 0.500. The van der Waals surface area contributed by atoms with Crippen molar-refractivity contribution in [2.45, 2.75) is 39.3 Å². The minimum Gasteiger partial charge on any atom is -0.443 e. The zero-order chi connectivity index (χ0) is 12.5. The molecular formula is C12H17N3O2. The lowest BCUT2D eigenvalue weighted by molar-refractivity contribution is 0.264. The summed E-state index contributed by atoms with van der Waals surface area (Å²) in [6.07, 6.45) is 5.20. The van der Waals surface area contributed by atoms with Gasteiger partial charge in [0, 0.05) is 17.8 Å². The third kappa shape index (κ3) is 2.55. The van der Waals surface area contributed by atoms with Gasteiger partial charge in [-0.2, -0.15) is 0 Å². The Balaban J connectivity index is 2.17. The normalized spacial score (nSPS) is 12.0. The summed E-state index contributed by atoms with van der Waals surface area (Å²) in [6, 6.07) is 0. The van der Waals surface area contributed by atoms with Crippen LogP contribution in [0.15, 0.2) is 23.0 Å². The summed E-state index contributed by atoms with van der Waals surface area (Å²) < 4.78 is 7.50. The number of aromatic nitrogens is 3. The maximum atomic E-state index is 9.09. The largest absolute Gasteiger partial charge is 0.443 e. The van der Waals surface area contributed by atoms with Gasteiger partial charge in [-0.05, 0) is 0 Å². The van der Waals surface area contributed by atoms with Crippen LogP contribution < -0.4 is 0 Å². The first kappa shape index (κ1) is 11.9. The van der Waals surface area contributed by atoms with Gasteiger partial charge in [0.25, 0.3) is 0 Å². The van der Waals surface area contributed by atoms with Crippen molar-refractivity contribution in [1.82, 2.24) is 14.5 Å². The van der Waals surface area contributed by atoms with Crippen LogP contribution in [0.5, 0.6) is 0 Å². The van der Waals surface area contributed by atoms with Crippen molar-refractivity contribution in [3.63, 3.8) is 0 Å². The van der Waals surface area contributed by atoms with Gasteiger partial charge >= 0.3 is 0 Å². The first-order chi connectivity index (χ1) is 8.00. The van der Waals surface area contributed by atoms with Crippen LogP contribution in [-0.4, -0.2) is 19.6 Å². The topological polar surface area (TPSA) is 64.1 Å². The highest BCUT2D eigenvalue weighted by molar-refractivity contribution is 5.06. The molecule has 0 atom stereocenters. The Morgan fingerprint density at radius 1 is 1.35 bits per heavy atom. The number of aliphatic hydroxyl groups excluding tert-OH is 1. The zero-order valence-corrected chi connectivity index (χ0v) is 10.3. The highest BCUT2D eigenvalue weighted by Gasteiger charge is 2.19. The standard InChI is InChI=1S/C12H17N3O2/c1-12(2,3)9-6-14-11(17-9)7-15-5-4-13-10(15)8-16/h4-6,16H,7-8H2,1-3H3. The predicted octanol–water partition coefficient (Wildman–Crippen LogP) is 1.71. The monoisotopic (exact) mass is 235 g/mol. The average Bonchev–Trinajstić information content (AvgIpc) is 2.86. The van der Waals surface area contributed by atoms with E-state index >= 15 is 0 Å². The van der Waals surface area contributed by atoms with E-state index in [9.17, 15) is 0 Å². The zero-order valence-electron chi connectivity index (χ0n) is 10.3. The lowest BCUT2D eigenvalue weighted by Crippen LogP contribution is -2.09. The molecule has 0 spiro atoms. The number of nitrogens with zero attached hydrogens (tertiary/aromatic N) is 3. The quantitative estimate of drug-likeness (QED) is 0.879. The molecule has 17 heavy (non-hydrogen) atoms. The van der Waals surface area contributed by atoms with Crippen molar-refractivity contribution >= 4 is 0 Å². The molecule has 2 heterocycles. The molecular weight excluding hydrogens is 218 g/mol. The molecule has 0 saturated carbocycles. The molecule has 0 bridgehead atoms. The number of aliphatic hydroxyl groups is 1. The maximum absolute atomic E-state index is 9.09. The van der Waals surface area contributed by atoms with E-state index in [1.165, 1.54) is 0 Å². The lowest BCUT2D eigenvalue weighted by Gasteiger charge is -2.13. The molecule has 1 N–H and O–H groups in total. The van der Waals surface area contributed by atoms with Crippen molar-refractivity contribution in [3.05, 3.63) is 36.1 Å². The van der Waals surface area contributed by atoms with Crippen LogP contribution in [0.4, 0.5) is 0 Å². The Morgan fingerprint density at radius 3 is 2.71 bits per heavy atom. The lowest BCUT2D eigenvalue weighted by atomic mass is 9.94. The Morgan fingerprint density at radius 2 is 2.12 bits per heavy atom. The third-order valence-corrected chi connectivity index (χ3v) is 2.54. The number of oxazole rings is 1. The fourth-order valence-corrected chi connectivity index (χ4v) is 1.51. The van der Waals surface area contributed by atoms with Crippen LogP contribution >= 0.6 is 0 Å². The van der Waals surface area contributed by atoms with Gasteiger partial charge < -0.3 is 14.1 Å². The van der Waals surface area contributed by atoms with Gasteiger partial charge in [0.2, 0.25) is 5.89 Å². The first-order valence-corrected chi connectivity index (χ1v) is 5.57. The Kier molecular flexibility index (Phi) is 3.02. The number of rotatable bonds is 3. The van der Waals surface area contributed by atoms with Crippen molar-refractivity contribution in [2.75, 3.05) is 0 Å². The van der Waals surface area contributed by atoms with Crippen molar-refractivity contribution in [3.8, 4) is 0 Å². The van der Waals surface area contributed by atoms with E-state index in [0.717, 1.165) is 5.76 Å². The number of imidazole rings is 1. The summed E-state index contributed by atoms with van der Waals surface area (Å²) in [5.74, 6) is 2.10. The minimum atomic E-state index is -0.0835. The molecule has 0 aliphatic heterocycles. The predicted molar refractivity (Wildman–Crippen MR) is 62.5 cm³/mol. The molecule has 92 valence electrons. The SMILES string of the molecule is CC(C)(C)c1cnc(Cn2ccnc2CO)o1. The molecule has 2 aromatic heterocycles. The molecule has 0 aromatic carbocycles. The Hall–Kier alpha value is -1.62. The molecule has 0 aliphatic rings. The van der Waals surface area contributed by atoms with Crippen LogP contribution in [0.3, 0.4) is 0 Å². The Labute approximate surface area is 100 Å². The van der Waals surface area contributed by atoms with E-state index in [1.807, 2.05) is 4.57 Å². The van der Waals surface area contributed by atoms with E-state index in [0.29, 0.717) is 18.3 Å². The highest BCUT2D eigenvalue weighted by Crippen LogP contribution is 2.22. The third-order valence-electron chi connectivity index (χ3n) is 2.54. The number of hydrogen-bond acceptors (Lipinski definition) is 4. The van der Waals surface area contributed by atoms with Crippen LogP contribution in [0.1, 0.15) is 38.2 Å². The molecule has 0 radical (unpaired) electrons. The summed E-state index contributed by atoms with van der Waals surface area (Å²) in [5.41, 5.74) is -0.0417. The van der Waals surface area contributed by atoms with E-state index in [4.69, 9.17) is 9.52 Å². The second-order valence-corrected chi connectivity index (χ2v) is 5.00. The number of hydrogen-bond donors (Lipinski definition) is 1. The molecule has 0 fully saturated rings. The second-order valence-electron chi connectivity index (χ2n) is 5.00. The smallest absolute Gasteiger partial charge is 0.214 e. The van der Waals surface area contributed by atoms with Crippen LogP contribution in [0, 0.1) is 0 Å². The summed E-state index contributed by atoms with van der Waals surface area (Å²) >= 11 is 0. The minimum absolute atomic E-state index is 0.0417. The van der Waals surface area contributed by atoms with E-state index in [-0.39, 0.29) is 12.0 Å². The van der Waals surface area contributed by atoms with Gasteiger partial charge in [0.05, 0.1) is 6.20 Å². The van der Waals surface area contributed by atoms with Gasteiger partial charge in [-0.3, -0.25) is 0 Å². The summed E-state index contributed by atoms with van der Waals surface area (Å²) in [6.45, 7) is 6.64. The molecule has 0 aliphatic carbocycles. The van der Waals surface area contributed by atoms with Gasteiger partial charge in [-0.25, -0.2) is 9.97 Å². The molecule has 0 unspecified atom stereocenters. The summed E-state index contributed by atoms with van der Waals surface area (Å²) in [4.78, 5) is 8.27. The van der Waals surface area contributed by atoms with Crippen LogP contribution in [0.2, 0.25) is 0 Å². The molecule has 5 nitrogen and oxygen atoms in total. The molecule has 0 saturated heterocycles. The van der Waals surface area contributed by atoms with Gasteiger partial charge in [-0.1, -0.05) is 20.8 Å². The molecule has 5 heteroatoms. The summed E-state index contributed by atoms with van der Waals surface area (Å²) in [7, 11) is 0. The van der Waals surface area contributed by atoms with E-state index < -0.39 is 0 Å². The molecule has 0 amide bonds. The van der Waals surface area contributed by atoms with Crippen LogP contribution in [-0.2, 0) is 18.6 Å². The highest BCUT2D eigenvalue weighted by atomic mass is 16.4. The fourth-order valence-electron chi connectivity index (χ4n) is 1.51. The Bertz CT molecular complexity index is 494. The van der Waals surface area contributed by atoms with Gasteiger partial charge in [0.15, 0.2) is 0 Å². The van der Waals surface area contributed by atoms with Crippen LogP contribution in [0.25, 0.3) is 0 Å². The van der Waals surface area contributed by atoms with E-state index in [1.54, 1.807) is 18.6 Å². The average molecular weight is 235 g/mol. The molecule has 2 rings (SSSR count).